The lowest BCUT2D eigenvalue weighted by Crippen LogP contribution is -2.37. The van der Waals surface area contributed by atoms with E-state index in [9.17, 15) is 14.4 Å². The summed E-state index contributed by atoms with van der Waals surface area (Å²) in [4.78, 5) is 12.3. The number of ketones is 1. The third-order valence-electron chi connectivity index (χ3n) is 3.33. The summed E-state index contributed by atoms with van der Waals surface area (Å²) in [6.45, 7) is 2.26. The number of hydrogen-bond donors (Lipinski definition) is 0. The topological polar surface area (TPSA) is 50.1 Å². The van der Waals surface area contributed by atoms with Gasteiger partial charge in [0.05, 0.1) is 6.07 Å². The Morgan fingerprint density at radius 1 is 1.50 bits per heavy atom. The Balaban J connectivity index is 2.26. The Kier molecular flexibility index (Phi) is 3.44. The molecule has 0 saturated carbocycles. The number of halogens is 1. The molecule has 2 atom stereocenters. The van der Waals surface area contributed by atoms with Gasteiger partial charge in [-0.2, -0.15) is 5.26 Å². The molecule has 2 rings (SSSR count). The minimum Gasteiger partial charge on any atom is -0.367 e. The number of ether oxygens (including phenoxy) is 1. The van der Waals surface area contributed by atoms with E-state index in [0.717, 1.165) is 6.42 Å². The van der Waals surface area contributed by atoms with Crippen LogP contribution in [0.25, 0.3) is 0 Å². The Morgan fingerprint density at radius 3 is 2.67 bits per heavy atom. The van der Waals surface area contributed by atoms with Crippen molar-refractivity contribution in [3.05, 3.63) is 35.6 Å². The molecule has 0 N–H and O–H groups in total. The Morgan fingerprint density at radius 2 is 2.17 bits per heavy atom. The number of rotatable bonds is 3. The van der Waals surface area contributed by atoms with Gasteiger partial charge in [-0.3, -0.25) is 4.79 Å². The number of hydrogen-bond acceptors (Lipinski definition) is 3. The maximum absolute atomic E-state index is 12.8. The maximum atomic E-state index is 12.8. The molecule has 4 heteroatoms. The summed E-state index contributed by atoms with van der Waals surface area (Å²) >= 11 is 0. The van der Waals surface area contributed by atoms with Crippen molar-refractivity contribution >= 4 is 5.78 Å². The molecule has 94 valence electrons. The average molecular weight is 247 g/mol. The third kappa shape index (κ3) is 2.27. The second kappa shape index (κ2) is 4.87. The van der Waals surface area contributed by atoms with Crippen LogP contribution in [0.2, 0.25) is 0 Å². The monoisotopic (exact) mass is 247 g/mol. The van der Waals surface area contributed by atoms with E-state index in [4.69, 9.17) is 4.74 Å². The molecule has 1 aromatic carbocycles. The van der Waals surface area contributed by atoms with E-state index < -0.39 is 11.5 Å². The highest BCUT2D eigenvalue weighted by molar-refractivity contribution is 5.95. The van der Waals surface area contributed by atoms with Gasteiger partial charge >= 0.3 is 0 Å². The van der Waals surface area contributed by atoms with Gasteiger partial charge in [-0.15, -0.1) is 0 Å². The average Bonchev–Trinajstić information content (AvgIpc) is 2.81. The summed E-state index contributed by atoms with van der Waals surface area (Å²) < 4.78 is 18.3. The zero-order chi connectivity index (χ0) is 13.2. The van der Waals surface area contributed by atoms with Crippen molar-refractivity contribution in [1.82, 2.24) is 0 Å². The number of Topliss-reactive ketones (excluding diaryl/α,β-unsaturated/α-hetero) is 1. The first-order chi connectivity index (χ1) is 8.57. The van der Waals surface area contributed by atoms with Crippen molar-refractivity contribution in [2.45, 2.75) is 31.3 Å². The van der Waals surface area contributed by atoms with Crippen LogP contribution in [0.3, 0.4) is 0 Å². The Bertz CT molecular complexity index is 484. The highest BCUT2D eigenvalue weighted by Crippen LogP contribution is 2.32. The Labute approximate surface area is 105 Å². The lowest BCUT2D eigenvalue weighted by molar-refractivity contribution is -0.137. The van der Waals surface area contributed by atoms with E-state index in [2.05, 4.69) is 0 Å². The van der Waals surface area contributed by atoms with E-state index in [1.807, 2.05) is 6.07 Å². The van der Waals surface area contributed by atoms with E-state index in [0.29, 0.717) is 18.6 Å². The predicted octanol–water partition coefficient (Wildman–Crippen LogP) is 2.57. The molecule has 18 heavy (non-hydrogen) atoms. The van der Waals surface area contributed by atoms with Gasteiger partial charge < -0.3 is 4.74 Å². The van der Waals surface area contributed by atoms with E-state index in [-0.39, 0.29) is 11.6 Å². The van der Waals surface area contributed by atoms with Crippen LogP contribution in [-0.2, 0) is 9.53 Å². The molecule has 0 aliphatic carbocycles. The first kappa shape index (κ1) is 12.7. The van der Waals surface area contributed by atoms with Crippen molar-refractivity contribution < 1.29 is 13.9 Å². The number of carbonyl (C=O) groups is 1. The SMILES string of the molecule is CC1(C(=O)C(C#N)c2ccc(F)cc2)CCCO1. The fraction of sp³-hybridized carbons (Fsp3) is 0.429. The predicted molar refractivity (Wildman–Crippen MR) is 63.4 cm³/mol. The molecule has 0 spiro atoms. The van der Waals surface area contributed by atoms with Crippen LogP contribution >= 0.6 is 0 Å². The first-order valence-electron chi connectivity index (χ1n) is 5.90. The molecule has 1 aromatic rings. The van der Waals surface area contributed by atoms with E-state index in [1.54, 1.807) is 6.92 Å². The van der Waals surface area contributed by atoms with Crippen molar-refractivity contribution in [3.63, 3.8) is 0 Å². The molecule has 1 aliphatic rings. The molecule has 1 fully saturated rings. The Hall–Kier alpha value is -1.73. The van der Waals surface area contributed by atoms with Gasteiger partial charge in [0.25, 0.3) is 0 Å². The van der Waals surface area contributed by atoms with Crippen LogP contribution in [0.5, 0.6) is 0 Å². The minimum atomic E-state index is -0.895. The van der Waals surface area contributed by atoms with Gasteiger partial charge in [-0.25, -0.2) is 4.39 Å². The molecule has 1 aliphatic heterocycles. The largest absolute Gasteiger partial charge is 0.367 e. The maximum Gasteiger partial charge on any atom is 0.185 e. The molecule has 0 radical (unpaired) electrons. The molecular weight excluding hydrogens is 233 g/mol. The van der Waals surface area contributed by atoms with Crippen molar-refractivity contribution in [1.29, 1.82) is 5.26 Å². The summed E-state index contributed by atoms with van der Waals surface area (Å²) in [5.74, 6) is -1.52. The summed E-state index contributed by atoms with van der Waals surface area (Å²) in [6.07, 6.45) is 1.45. The lowest BCUT2D eigenvalue weighted by atomic mass is 9.85. The summed E-state index contributed by atoms with van der Waals surface area (Å²) in [5, 5.41) is 9.17. The van der Waals surface area contributed by atoms with Crippen molar-refractivity contribution in [2.75, 3.05) is 6.61 Å². The highest BCUT2D eigenvalue weighted by Gasteiger charge is 2.42. The van der Waals surface area contributed by atoms with E-state index in [1.165, 1.54) is 24.3 Å². The van der Waals surface area contributed by atoms with Crippen LogP contribution in [0.15, 0.2) is 24.3 Å². The van der Waals surface area contributed by atoms with Crippen molar-refractivity contribution in [3.8, 4) is 6.07 Å². The van der Waals surface area contributed by atoms with Crippen LogP contribution in [0.4, 0.5) is 4.39 Å². The van der Waals surface area contributed by atoms with Gasteiger partial charge in [-0.1, -0.05) is 12.1 Å². The summed E-state index contributed by atoms with van der Waals surface area (Å²) in [7, 11) is 0. The lowest BCUT2D eigenvalue weighted by Gasteiger charge is -2.24. The van der Waals surface area contributed by atoms with Crippen LogP contribution in [0.1, 0.15) is 31.2 Å². The van der Waals surface area contributed by atoms with Crippen LogP contribution in [-0.4, -0.2) is 18.0 Å². The second-order valence-corrected chi connectivity index (χ2v) is 4.66. The molecule has 1 saturated heterocycles. The van der Waals surface area contributed by atoms with Crippen LogP contribution < -0.4 is 0 Å². The fourth-order valence-electron chi connectivity index (χ4n) is 2.22. The standard InChI is InChI=1S/C14H14FNO2/c1-14(7-2-8-18-14)13(17)12(9-16)10-3-5-11(15)6-4-10/h3-6,12H,2,7-8H2,1H3. The number of benzene rings is 1. The fourth-order valence-corrected chi connectivity index (χ4v) is 2.22. The molecule has 0 amide bonds. The molecular formula is C14H14FNO2. The molecule has 3 nitrogen and oxygen atoms in total. The molecule has 0 aromatic heterocycles. The molecule has 0 bridgehead atoms. The number of carbonyl (C=O) groups excluding carboxylic acids is 1. The van der Waals surface area contributed by atoms with E-state index >= 15 is 0 Å². The first-order valence-corrected chi connectivity index (χ1v) is 5.90. The van der Waals surface area contributed by atoms with Crippen LogP contribution in [0, 0.1) is 17.1 Å². The summed E-state index contributed by atoms with van der Waals surface area (Å²) in [5.41, 5.74) is -0.366. The highest BCUT2D eigenvalue weighted by atomic mass is 19.1. The number of nitriles is 1. The smallest absolute Gasteiger partial charge is 0.185 e. The zero-order valence-corrected chi connectivity index (χ0v) is 10.1. The normalized spacial score (nSPS) is 24.5. The minimum absolute atomic E-state index is 0.242. The van der Waals surface area contributed by atoms with Crippen molar-refractivity contribution in [2.24, 2.45) is 0 Å². The van der Waals surface area contributed by atoms with Gasteiger partial charge in [0.15, 0.2) is 5.78 Å². The van der Waals surface area contributed by atoms with Gasteiger partial charge in [0.1, 0.15) is 17.3 Å². The second-order valence-electron chi connectivity index (χ2n) is 4.66. The zero-order valence-electron chi connectivity index (χ0n) is 10.1. The number of nitrogens with zero attached hydrogens (tertiary/aromatic N) is 1. The molecule has 1 heterocycles. The van der Waals surface area contributed by atoms with Gasteiger partial charge in [-0.05, 0) is 37.5 Å². The van der Waals surface area contributed by atoms with Gasteiger partial charge in [0.2, 0.25) is 0 Å². The molecule has 2 unspecified atom stereocenters. The summed E-state index contributed by atoms with van der Waals surface area (Å²) in [6, 6.07) is 7.44. The van der Waals surface area contributed by atoms with Gasteiger partial charge in [0, 0.05) is 6.61 Å². The quantitative estimate of drug-likeness (QED) is 0.824. The third-order valence-corrected chi connectivity index (χ3v) is 3.33.